The number of H-pyrrole nitrogens is 1. The molecule has 0 aliphatic rings. The van der Waals surface area contributed by atoms with E-state index in [1.807, 2.05) is 79.7 Å². The number of benzene rings is 3. The number of fused-ring (bicyclic) bond motifs is 1. The molecule has 35 heavy (non-hydrogen) atoms. The van der Waals surface area contributed by atoms with Crippen molar-refractivity contribution in [3.8, 4) is 22.5 Å². The zero-order valence-electron chi connectivity index (χ0n) is 19.3. The molecule has 0 aliphatic carbocycles. The maximum Gasteiger partial charge on any atom is 1.00 e. The Labute approximate surface area is 252 Å². The molecule has 7 nitrogen and oxygen atoms in total. The van der Waals surface area contributed by atoms with Gasteiger partial charge in [0.1, 0.15) is 0 Å². The average Bonchev–Trinajstić information content (AvgIpc) is 3.41. The number of aromatic amines is 1. The molecule has 0 unspecified atom stereocenters. The van der Waals surface area contributed by atoms with Gasteiger partial charge in [-0.05, 0) is 39.9 Å². The number of tetrazole rings is 1. The summed E-state index contributed by atoms with van der Waals surface area (Å²) >= 11 is 3.53. The second-order valence-corrected chi connectivity index (χ2v) is 8.80. The quantitative estimate of drug-likeness (QED) is 0.257. The third kappa shape index (κ3) is 5.16. The Morgan fingerprint density at radius 2 is 1.71 bits per heavy atom. The fourth-order valence-electron chi connectivity index (χ4n) is 4.15. The zero-order valence-corrected chi connectivity index (χ0v) is 24.0. The van der Waals surface area contributed by atoms with Crippen LogP contribution in [0.4, 0.5) is 0 Å². The standard InChI is InChI=1S/C26H20BrN5O2.K/c1-2-22(33)24-23(17-6-4-3-5-7-17)21-14-19(27)12-13-20(21)26(34)32(24)15-16-8-10-18(11-9-16)25-28-30-31-29-25;/h3-14H,2,15H2,1H3,(H,28,29,30,31);/q;+1. The van der Waals surface area contributed by atoms with Gasteiger partial charge in [-0.25, -0.2) is 0 Å². The van der Waals surface area contributed by atoms with Crippen molar-refractivity contribution in [1.29, 1.82) is 0 Å². The minimum Gasteiger partial charge on any atom is -0.300 e. The summed E-state index contributed by atoms with van der Waals surface area (Å²) in [5.41, 5.74) is 3.58. The Kier molecular flexibility index (Phi) is 8.25. The summed E-state index contributed by atoms with van der Waals surface area (Å²) in [4.78, 5) is 27.0. The van der Waals surface area contributed by atoms with Crippen molar-refractivity contribution in [2.45, 2.75) is 19.9 Å². The molecule has 3 aromatic carbocycles. The smallest absolute Gasteiger partial charge is 0.300 e. The minimum absolute atomic E-state index is 0. The number of carbonyl (C=O) groups is 1. The molecule has 9 heteroatoms. The molecule has 0 spiro atoms. The first-order valence-corrected chi connectivity index (χ1v) is 11.6. The van der Waals surface area contributed by atoms with Gasteiger partial charge in [-0.3, -0.25) is 14.2 Å². The maximum absolute atomic E-state index is 13.7. The first-order valence-electron chi connectivity index (χ1n) is 10.8. The van der Waals surface area contributed by atoms with Gasteiger partial charge < -0.3 is 0 Å². The van der Waals surface area contributed by atoms with Gasteiger partial charge in [0, 0.05) is 27.4 Å². The molecule has 0 amide bonds. The number of Topliss-reactive ketones (excluding diaryl/α,β-unsaturated/α-hetero) is 1. The molecule has 0 fully saturated rings. The number of hydrogen-bond donors (Lipinski definition) is 1. The van der Waals surface area contributed by atoms with E-state index in [9.17, 15) is 9.59 Å². The number of rotatable bonds is 6. The first-order chi connectivity index (χ1) is 16.6. The van der Waals surface area contributed by atoms with Crippen LogP contribution in [0.15, 0.2) is 82.1 Å². The number of nitrogens with zero attached hydrogens (tertiary/aromatic N) is 4. The van der Waals surface area contributed by atoms with Gasteiger partial charge in [0.25, 0.3) is 5.56 Å². The normalized spacial score (nSPS) is 10.8. The molecule has 5 aromatic rings. The van der Waals surface area contributed by atoms with E-state index in [-0.39, 0.29) is 75.7 Å². The van der Waals surface area contributed by atoms with E-state index in [1.54, 1.807) is 4.57 Å². The zero-order chi connectivity index (χ0) is 23.7. The maximum atomic E-state index is 13.7. The van der Waals surface area contributed by atoms with Crippen molar-refractivity contribution in [1.82, 2.24) is 25.2 Å². The number of hydrogen-bond acceptors (Lipinski definition) is 5. The van der Waals surface area contributed by atoms with E-state index < -0.39 is 0 Å². The summed E-state index contributed by atoms with van der Waals surface area (Å²) in [5, 5.41) is 15.4. The molecule has 168 valence electrons. The van der Waals surface area contributed by atoms with Gasteiger partial charge in [-0.1, -0.05) is 77.5 Å². The SMILES string of the molecule is CCC(=O)c1c(-c2ccccc2)c2cc(Br)ccc2c(=O)n1Cc1ccc(-c2nn[nH]n2)cc1.[K+]. The Bertz CT molecular complexity index is 1550. The molecule has 0 bridgehead atoms. The number of halogens is 1. The van der Waals surface area contributed by atoms with Gasteiger partial charge in [-0.2, -0.15) is 5.21 Å². The van der Waals surface area contributed by atoms with Crippen LogP contribution in [-0.2, 0) is 6.54 Å². The Morgan fingerprint density at radius 1 is 0.971 bits per heavy atom. The topological polar surface area (TPSA) is 93.5 Å². The molecule has 1 N–H and O–H groups in total. The summed E-state index contributed by atoms with van der Waals surface area (Å²) in [5.74, 6) is 0.412. The van der Waals surface area contributed by atoms with Gasteiger partial charge >= 0.3 is 51.4 Å². The molecule has 0 saturated carbocycles. The van der Waals surface area contributed by atoms with Gasteiger partial charge in [0.05, 0.1) is 12.2 Å². The van der Waals surface area contributed by atoms with Gasteiger partial charge in [-0.15, -0.1) is 10.2 Å². The van der Waals surface area contributed by atoms with E-state index in [0.717, 1.165) is 32.1 Å². The van der Waals surface area contributed by atoms with Crippen molar-refractivity contribution in [3.63, 3.8) is 0 Å². The van der Waals surface area contributed by atoms with Crippen LogP contribution >= 0.6 is 15.9 Å². The third-order valence-electron chi connectivity index (χ3n) is 5.78. The summed E-state index contributed by atoms with van der Waals surface area (Å²) in [7, 11) is 0. The number of pyridine rings is 1. The second-order valence-electron chi connectivity index (χ2n) is 7.88. The first kappa shape index (κ1) is 25.8. The Morgan fingerprint density at radius 3 is 2.37 bits per heavy atom. The van der Waals surface area contributed by atoms with E-state index in [4.69, 9.17) is 0 Å². The molecule has 0 radical (unpaired) electrons. The van der Waals surface area contributed by atoms with Crippen molar-refractivity contribution < 1.29 is 56.2 Å². The minimum atomic E-state index is -0.193. The van der Waals surface area contributed by atoms with Crippen LogP contribution in [0.2, 0.25) is 0 Å². The molecule has 0 atom stereocenters. The summed E-state index contributed by atoms with van der Waals surface area (Å²) in [6.07, 6.45) is 0.287. The third-order valence-corrected chi connectivity index (χ3v) is 6.27. The van der Waals surface area contributed by atoms with Crippen molar-refractivity contribution in [2.75, 3.05) is 0 Å². The second kappa shape index (κ2) is 11.2. The fraction of sp³-hybridized carbons (Fsp3) is 0.115. The van der Waals surface area contributed by atoms with Crippen LogP contribution in [-0.4, -0.2) is 31.0 Å². The van der Waals surface area contributed by atoms with Crippen molar-refractivity contribution >= 4 is 32.5 Å². The molecule has 5 rings (SSSR count). The molecule has 2 heterocycles. The molecular formula is C26H20BrKN5O2+. The van der Waals surface area contributed by atoms with Crippen LogP contribution in [0.25, 0.3) is 33.3 Å². The van der Waals surface area contributed by atoms with E-state index >= 15 is 0 Å². The number of carbonyl (C=O) groups excluding carboxylic acids is 1. The van der Waals surface area contributed by atoms with Crippen molar-refractivity contribution in [2.24, 2.45) is 0 Å². The van der Waals surface area contributed by atoms with Crippen molar-refractivity contribution in [3.05, 3.63) is 98.9 Å². The predicted octanol–water partition coefficient (Wildman–Crippen LogP) is 2.26. The summed E-state index contributed by atoms with van der Waals surface area (Å²) in [6, 6.07) is 22.9. The fourth-order valence-corrected chi connectivity index (χ4v) is 4.51. The Hall–Kier alpha value is -2.27. The van der Waals surface area contributed by atoms with E-state index in [2.05, 4.69) is 36.6 Å². The van der Waals surface area contributed by atoms with Gasteiger partial charge in [0.2, 0.25) is 5.82 Å². The largest absolute Gasteiger partial charge is 1.00 e. The molecular weight excluding hydrogens is 533 g/mol. The van der Waals surface area contributed by atoms with Crippen LogP contribution in [0.1, 0.15) is 29.4 Å². The molecule has 0 saturated heterocycles. The summed E-state index contributed by atoms with van der Waals surface area (Å²) in [6.45, 7) is 2.08. The van der Waals surface area contributed by atoms with Crippen LogP contribution in [0.3, 0.4) is 0 Å². The monoisotopic (exact) mass is 552 g/mol. The average molecular weight is 553 g/mol. The Balaban J connectivity index is 0.00000289. The van der Waals surface area contributed by atoms with Crippen LogP contribution < -0.4 is 56.9 Å². The van der Waals surface area contributed by atoms with Gasteiger partial charge in [0.15, 0.2) is 5.78 Å². The van der Waals surface area contributed by atoms with E-state index in [1.165, 1.54) is 0 Å². The molecule has 0 aliphatic heterocycles. The summed E-state index contributed by atoms with van der Waals surface area (Å²) < 4.78 is 2.45. The number of nitrogens with one attached hydrogen (secondary N) is 1. The van der Waals surface area contributed by atoms with E-state index in [0.29, 0.717) is 16.9 Å². The number of ketones is 1. The number of aromatic nitrogens is 5. The predicted molar refractivity (Wildman–Crippen MR) is 135 cm³/mol. The van der Waals surface area contributed by atoms with Crippen LogP contribution in [0.5, 0.6) is 0 Å². The van der Waals surface area contributed by atoms with Crippen LogP contribution in [0, 0.1) is 0 Å². The molecule has 2 aromatic heterocycles.